The van der Waals surface area contributed by atoms with Crippen LogP contribution >= 0.6 is 0 Å². The van der Waals surface area contributed by atoms with Gasteiger partial charge in [-0.05, 0) is 61.3 Å². The number of aryl methyl sites for hydroxylation is 1. The molecule has 3 rings (SSSR count). The van der Waals surface area contributed by atoms with Crippen LogP contribution in [-0.4, -0.2) is 25.8 Å². The Morgan fingerprint density at radius 3 is 2.19 bits per heavy atom. The molecule has 1 fully saturated rings. The highest BCUT2D eigenvalue weighted by Crippen LogP contribution is 2.26. The molecule has 0 aliphatic carbocycles. The fourth-order valence-electron chi connectivity index (χ4n) is 3.66. The van der Waals surface area contributed by atoms with Crippen molar-refractivity contribution in [2.75, 3.05) is 13.1 Å². The molecule has 4 heteroatoms. The minimum absolute atomic E-state index is 0.430. The van der Waals surface area contributed by atoms with E-state index in [-0.39, 0.29) is 0 Å². The summed E-state index contributed by atoms with van der Waals surface area (Å²) in [5, 5.41) is 0. The van der Waals surface area contributed by atoms with E-state index >= 15 is 0 Å². The molecule has 0 saturated carbocycles. The predicted molar refractivity (Wildman–Crippen MR) is 107 cm³/mol. The molecule has 0 N–H and O–H groups in total. The number of sulfonamides is 1. The fourth-order valence-corrected chi connectivity index (χ4v) is 5.13. The van der Waals surface area contributed by atoms with Crippen LogP contribution in [0.5, 0.6) is 0 Å². The zero-order chi connectivity index (χ0) is 18.4. The molecule has 140 valence electrons. The highest BCUT2D eigenvalue weighted by atomic mass is 32.2. The molecule has 0 amide bonds. The predicted octanol–water partition coefficient (Wildman–Crippen LogP) is 4.67. The summed E-state index contributed by atoms with van der Waals surface area (Å²) in [6.45, 7) is 3.41. The highest BCUT2D eigenvalue weighted by Gasteiger charge is 2.29. The van der Waals surface area contributed by atoms with Gasteiger partial charge in [-0.15, -0.1) is 0 Å². The second kappa shape index (κ2) is 8.83. The summed E-state index contributed by atoms with van der Waals surface area (Å²) in [5.74, 6) is 0.570. The molecule has 1 aliphatic heterocycles. The lowest BCUT2D eigenvalue weighted by molar-refractivity contribution is 0.273. The van der Waals surface area contributed by atoms with E-state index < -0.39 is 10.0 Å². The number of hydrogen-bond donors (Lipinski definition) is 0. The SMILES string of the molecule is CCCCc1ccc(S(=O)(=O)N2CCC(Cc3ccccc3)CC2)cc1. The van der Waals surface area contributed by atoms with Crippen molar-refractivity contribution in [3.05, 3.63) is 65.7 Å². The molecule has 0 bridgehead atoms. The van der Waals surface area contributed by atoms with Crippen molar-refractivity contribution in [2.24, 2.45) is 5.92 Å². The second-order valence-electron chi connectivity index (χ2n) is 7.28. The molecule has 1 saturated heterocycles. The van der Waals surface area contributed by atoms with Gasteiger partial charge in [0, 0.05) is 13.1 Å². The van der Waals surface area contributed by atoms with Gasteiger partial charge in [-0.25, -0.2) is 8.42 Å². The first-order valence-corrected chi connectivity index (χ1v) is 11.2. The molecular weight excluding hydrogens is 342 g/mol. The van der Waals surface area contributed by atoms with Gasteiger partial charge in [-0.1, -0.05) is 55.8 Å². The summed E-state index contributed by atoms with van der Waals surface area (Å²) < 4.78 is 27.5. The zero-order valence-corrected chi connectivity index (χ0v) is 16.4. The summed E-state index contributed by atoms with van der Waals surface area (Å²) in [6, 6.07) is 18.0. The first-order valence-electron chi connectivity index (χ1n) is 9.72. The Kier molecular flexibility index (Phi) is 6.49. The lowest BCUT2D eigenvalue weighted by Gasteiger charge is -2.31. The third-order valence-corrected chi connectivity index (χ3v) is 7.23. The fraction of sp³-hybridized carbons (Fsp3) is 0.455. The van der Waals surface area contributed by atoms with E-state index in [1.54, 1.807) is 16.4 Å². The van der Waals surface area contributed by atoms with Gasteiger partial charge in [0.15, 0.2) is 0 Å². The van der Waals surface area contributed by atoms with Gasteiger partial charge in [0.25, 0.3) is 0 Å². The number of piperidine rings is 1. The van der Waals surface area contributed by atoms with Crippen LogP contribution in [0.3, 0.4) is 0 Å². The summed E-state index contributed by atoms with van der Waals surface area (Å²) in [6.07, 6.45) is 6.22. The van der Waals surface area contributed by atoms with Gasteiger partial charge in [0.05, 0.1) is 4.90 Å². The van der Waals surface area contributed by atoms with E-state index in [9.17, 15) is 8.42 Å². The van der Waals surface area contributed by atoms with E-state index in [0.717, 1.165) is 38.5 Å². The van der Waals surface area contributed by atoms with Crippen LogP contribution in [0.15, 0.2) is 59.5 Å². The van der Waals surface area contributed by atoms with Crippen LogP contribution in [0.4, 0.5) is 0 Å². The number of rotatable bonds is 7. The van der Waals surface area contributed by atoms with Crippen molar-refractivity contribution < 1.29 is 8.42 Å². The first-order chi connectivity index (χ1) is 12.6. The molecule has 26 heavy (non-hydrogen) atoms. The Hall–Kier alpha value is -1.65. The molecule has 0 atom stereocenters. The third-order valence-electron chi connectivity index (χ3n) is 5.32. The quantitative estimate of drug-likeness (QED) is 0.709. The van der Waals surface area contributed by atoms with E-state index in [1.165, 1.54) is 11.1 Å². The number of benzene rings is 2. The maximum Gasteiger partial charge on any atom is 0.243 e. The Bertz CT molecular complexity index is 777. The average Bonchev–Trinajstić information content (AvgIpc) is 2.68. The van der Waals surface area contributed by atoms with Gasteiger partial charge in [-0.2, -0.15) is 4.31 Å². The van der Waals surface area contributed by atoms with Crippen LogP contribution in [-0.2, 0) is 22.9 Å². The number of nitrogens with zero attached hydrogens (tertiary/aromatic N) is 1. The van der Waals surface area contributed by atoms with Gasteiger partial charge in [0.1, 0.15) is 0 Å². The van der Waals surface area contributed by atoms with E-state index in [0.29, 0.717) is 23.9 Å². The van der Waals surface area contributed by atoms with E-state index in [4.69, 9.17) is 0 Å². The monoisotopic (exact) mass is 371 g/mol. The molecule has 2 aromatic carbocycles. The van der Waals surface area contributed by atoms with Crippen molar-refractivity contribution in [1.29, 1.82) is 0 Å². The standard InChI is InChI=1S/C22H29NO2S/c1-2-3-7-19-10-12-22(13-11-19)26(24,25)23-16-14-21(15-17-23)18-20-8-5-4-6-9-20/h4-6,8-13,21H,2-3,7,14-18H2,1H3. The van der Waals surface area contributed by atoms with Crippen molar-refractivity contribution >= 4 is 10.0 Å². The Morgan fingerprint density at radius 1 is 0.923 bits per heavy atom. The summed E-state index contributed by atoms with van der Waals surface area (Å²) in [5.41, 5.74) is 2.56. The van der Waals surface area contributed by atoms with Crippen molar-refractivity contribution in [2.45, 2.75) is 50.3 Å². The molecule has 1 aliphatic rings. The third kappa shape index (κ3) is 4.74. The normalized spacial score (nSPS) is 16.7. The maximum atomic E-state index is 12.9. The van der Waals surface area contributed by atoms with Gasteiger partial charge in [-0.3, -0.25) is 0 Å². The molecule has 0 unspecified atom stereocenters. The largest absolute Gasteiger partial charge is 0.243 e. The van der Waals surface area contributed by atoms with Crippen LogP contribution < -0.4 is 0 Å². The zero-order valence-electron chi connectivity index (χ0n) is 15.6. The van der Waals surface area contributed by atoms with Crippen LogP contribution in [0.1, 0.15) is 43.7 Å². The van der Waals surface area contributed by atoms with Crippen molar-refractivity contribution in [3.63, 3.8) is 0 Å². The van der Waals surface area contributed by atoms with Gasteiger partial charge in [0.2, 0.25) is 10.0 Å². The van der Waals surface area contributed by atoms with E-state index in [2.05, 4.69) is 31.2 Å². The van der Waals surface area contributed by atoms with Gasteiger partial charge >= 0.3 is 0 Å². The Morgan fingerprint density at radius 2 is 1.58 bits per heavy atom. The number of hydrogen-bond acceptors (Lipinski definition) is 2. The molecule has 0 spiro atoms. The molecule has 0 radical (unpaired) electrons. The molecular formula is C22H29NO2S. The smallest absolute Gasteiger partial charge is 0.207 e. The Labute approximate surface area is 158 Å². The topological polar surface area (TPSA) is 37.4 Å². The van der Waals surface area contributed by atoms with Crippen LogP contribution in [0.25, 0.3) is 0 Å². The van der Waals surface area contributed by atoms with Crippen molar-refractivity contribution in [3.8, 4) is 0 Å². The molecule has 1 heterocycles. The first kappa shape index (κ1) is 19.1. The molecule has 3 nitrogen and oxygen atoms in total. The highest BCUT2D eigenvalue weighted by molar-refractivity contribution is 7.89. The average molecular weight is 372 g/mol. The minimum Gasteiger partial charge on any atom is -0.207 e. The lowest BCUT2D eigenvalue weighted by Crippen LogP contribution is -2.38. The summed E-state index contributed by atoms with van der Waals surface area (Å²) >= 11 is 0. The minimum atomic E-state index is -3.36. The van der Waals surface area contributed by atoms with Crippen LogP contribution in [0, 0.1) is 5.92 Å². The van der Waals surface area contributed by atoms with Crippen LogP contribution in [0.2, 0.25) is 0 Å². The molecule has 0 aromatic heterocycles. The van der Waals surface area contributed by atoms with E-state index in [1.807, 2.05) is 18.2 Å². The Balaban J connectivity index is 1.59. The van der Waals surface area contributed by atoms with Crippen molar-refractivity contribution in [1.82, 2.24) is 4.31 Å². The summed E-state index contributed by atoms with van der Waals surface area (Å²) in [7, 11) is -3.36. The maximum absolute atomic E-state index is 12.9. The second-order valence-corrected chi connectivity index (χ2v) is 9.22. The molecule has 2 aromatic rings. The summed E-state index contributed by atoms with van der Waals surface area (Å²) in [4.78, 5) is 0.430. The lowest BCUT2D eigenvalue weighted by atomic mass is 9.91. The van der Waals surface area contributed by atoms with Gasteiger partial charge < -0.3 is 0 Å². The number of unbranched alkanes of at least 4 members (excludes halogenated alkanes) is 1.